The maximum Gasteiger partial charge on any atom is 0.316 e. The average Bonchev–Trinajstić information content (AvgIpc) is 2.84. The molecule has 3 aromatic carbocycles. The van der Waals surface area contributed by atoms with E-state index >= 15 is 0 Å². The number of carbonyl (C=O) groups excluding carboxylic acids is 3. The van der Waals surface area contributed by atoms with Crippen LogP contribution in [0, 0.1) is 5.92 Å². The molecule has 1 unspecified atom stereocenters. The van der Waals surface area contributed by atoms with Crippen molar-refractivity contribution in [1.82, 2.24) is 4.90 Å². The summed E-state index contributed by atoms with van der Waals surface area (Å²) in [5, 5.41) is 1.87. The van der Waals surface area contributed by atoms with E-state index in [0.717, 1.165) is 52.7 Å². The number of esters is 1. The predicted octanol–water partition coefficient (Wildman–Crippen LogP) is 4.95. The molecule has 0 bridgehead atoms. The van der Waals surface area contributed by atoms with E-state index in [0.29, 0.717) is 17.0 Å². The highest BCUT2D eigenvalue weighted by Gasteiger charge is 2.26. The van der Waals surface area contributed by atoms with Crippen LogP contribution in [0.25, 0.3) is 21.9 Å². The summed E-state index contributed by atoms with van der Waals surface area (Å²) in [5.41, 5.74) is 3.37. The van der Waals surface area contributed by atoms with Gasteiger partial charge in [0.1, 0.15) is 0 Å². The third-order valence-corrected chi connectivity index (χ3v) is 7.47. The lowest BCUT2D eigenvalue weighted by Gasteiger charge is -2.30. The summed E-state index contributed by atoms with van der Waals surface area (Å²) in [7, 11) is 0. The zero-order valence-corrected chi connectivity index (χ0v) is 19.3. The van der Waals surface area contributed by atoms with Gasteiger partial charge in [-0.1, -0.05) is 55.5 Å². The predicted molar refractivity (Wildman–Crippen MR) is 129 cm³/mol. The molecule has 5 nitrogen and oxygen atoms in total. The van der Waals surface area contributed by atoms with Crippen LogP contribution in [0.1, 0.15) is 35.7 Å². The number of likely N-dealkylation sites (tertiary alicyclic amines) is 1. The van der Waals surface area contributed by atoms with Gasteiger partial charge in [0.05, 0.1) is 5.75 Å². The Hall–Kier alpha value is -3.12. The molecule has 168 valence electrons. The lowest BCUT2D eigenvalue weighted by Crippen LogP contribution is -2.41. The van der Waals surface area contributed by atoms with Crippen molar-refractivity contribution in [3.8, 4) is 11.1 Å². The molecular weight excluding hydrogens is 434 g/mol. The lowest BCUT2D eigenvalue weighted by atomic mass is 9.83. The molecule has 2 aliphatic rings. The Balaban J connectivity index is 1.30. The quantitative estimate of drug-likeness (QED) is 0.312. The second-order valence-electron chi connectivity index (χ2n) is 8.75. The van der Waals surface area contributed by atoms with Crippen LogP contribution in [0.3, 0.4) is 0 Å². The van der Waals surface area contributed by atoms with E-state index in [-0.39, 0.29) is 24.1 Å². The number of amides is 1. The number of ether oxygens (including phenoxy) is 1. The summed E-state index contributed by atoms with van der Waals surface area (Å²) in [4.78, 5) is 40.5. The highest BCUT2D eigenvalue weighted by atomic mass is 32.2. The van der Waals surface area contributed by atoms with Crippen LogP contribution in [0.15, 0.2) is 59.5 Å². The fraction of sp³-hybridized carbons (Fsp3) is 0.296. The van der Waals surface area contributed by atoms with Crippen LogP contribution in [-0.4, -0.2) is 48.0 Å². The number of ketones is 1. The summed E-state index contributed by atoms with van der Waals surface area (Å²) in [5.74, 6) is 0.0722. The van der Waals surface area contributed by atoms with E-state index in [4.69, 9.17) is 4.74 Å². The van der Waals surface area contributed by atoms with Gasteiger partial charge in [-0.15, -0.1) is 11.8 Å². The highest BCUT2D eigenvalue weighted by molar-refractivity contribution is 8.00. The van der Waals surface area contributed by atoms with Gasteiger partial charge >= 0.3 is 5.97 Å². The van der Waals surface area contributed by atoms with E-state index in [1.165, 1.54) is 11.8 Å². The molecular formula is C27H25NO4S. The zero-order chi connectivity index (χ0) is 22.9. The van der Waals surface area contributed by atoms with Crippen LogP contribution < -0.4 is 0 Å². The van der Waals surface area contributed by atoms with Crippen molar-refractivity contribution < 1.29 is 19.1 Å². The Morgan fingerprint density at radius 1 is 1.00 bits per heavy atom. The molecule has 0 aromatic heterocycles. The van der Waals surface area contributed by atoms with Crippen molar-refractivity contribution in [3.05, 3.63) is 65.7 Å². The van der Waals surface area contributed by atoms with E-state index < -0.39 is 5.97 Å². The Morgan fingerprint density at radius 2 is 1.79 bits per heavy atom. The van der Waals surface area contributed by atoms with Gasteiger partial charge in [-0.3, -0.25) is 14.4 Å². The van der Waals surface area contributed by atoms with E-state index in [2.05, 4.69) is 6.92 Å². The second kappa shape index (κ2) is 9.02. The molecule has 3 aromatic rings. The number of hydrogen-bond donors (Lipinski definition) is 0. The van der Waals surface area contributed by atoms with Gasteiger partial charge in [-0.2, -0.15) is 0 Å². The van der Waals surface area contributed by atoms with Gasteiger partial charge in [0.25, 0.3) is 5.91 Å². The molecule has 1 aliphatic carbocycles. The molecule has 1 aliphatic heterocycles. The molecule has 0 radical (unpaired) electrons. The Labute approximate surface area is 197 Å². The summed E-state index contributed by atoms with van der Waals surface area (Å²) in [6.07, 6.45) is 2.13. The van der Waals surface area contributed by atoms with Crippen molar-refractivity contribution in [2.45, 2.75) is 24.7 Å². The molecule has 1 fully saturated rings. The summed E-state index contributed by atoms with van der Waals surface area (Å²) >= 11 is 1.37. The van der Waals surface area contributed by atoms with E-state index in [1.54, 1.807) is 4.90 Å². The Morgan fingerprint density at radius 3 is 2.61 bits per heavy atom. The summed E-state index contributed by atoms with van der Waals surface area (Å²) < 4.78 is 5.26. The van der Waals surface area contributed by atoms with Gasteiger partial charge in [0.2, 0.25) is 0 Å². The third-order valence-electron chi connectivity index (χ3n) is 6.42. The lowest BCUT2D eigenvalue weighted by molar-refractivity contribution is -0.150. The first-order valence-electron chi connectivity index (χ1n) is 11.3. The SMILES string of the molecule is CC1CCCN(C(=O)COC(=O)CSc2ccc3c4c(cccc24)C(=O)c2ccccc2-3)C1. The third kappa shape index (κ3) is 4.15. The second-order valence-corrected chi connectivity index (χ2v) is 9.77. The topological polar surface area (TPSA) is 63.7 Å². The van der Waals surface area contributed by atoms with Crippen LogP contribution in [-0.2, 0) is 14.3 Å². The molecule has 0 N–H and O–H groups in total. The normalized spacial score (nSPS) is 17.1. The standard InChI is InChI=1S/C27H25NO4S/c1-17-6-5-13-28(14-17)24(29)15-32-25(30)16-33-23-12-11-19-18-7-2-3-8-20(18)27(31)22-10-4-9-21(23)26(19)22/h2-4,7-12,17H,5-6,13-16H2,1H3. The van der Waals surface area contributed by atoms with Crippen LogP contribution >= 0.6 is 11.8 Å². The van der Waals surface area contributed by atoms with Crippen molar-refractivity contribution in [2.24, 2.45) is 5.92 Å². The number of benzene rings is 3. The van der Waals surface area contributed by atoms with Gasteiger partial charge in [-0.25, -0.2) is 0 Å². The van der Waals surface area contributed by atoms with Crippen LogP contribution in [0.4, 0.5) is 0 Å². The fourth-order valence-corrected chi connectivity index (χ4v) is 5.65. The summed E-state index contributed by atoms with van der Waals surface area (Å²) in [6.45, 7) is 3.39. The van der Waals surface area contributed by atoms with Gasteiger partial charge in [0.15, 0.2) is 12.4 Å². The first kappa shape index (κ1) is 21.7. The van der Waals surface area contributed by atoms with Crippen molar-refractivity contribution >= 4 is 40.2 Å². The Bertz CT molecular complexity index is 1270. The van der Waals surface area contributed by atoms with Crippen molar-refractivity contribution in [1.29, 1.82) is 0 Å². The molecule has 1 saturated heterocycles. The number of hydrogen-bond acceptors (Lipinski definition) is 5. The fourth-order valence-electron chi connectivity index (χ4n) is 4.81. The number of nitrogens with zero attached hydrogens (tertiary/aromatic N) is 1. The minimum absolute atomic E-state index is 0.0239. The highest BCUT2D eigenvalue weighted by Crippen LogP contribution is 2.42. The summed E-state index contributed by atoms with van der Waals surface area (Å²) in [6, 6.07) is 17.4. The molecule has 1 amide bonds. The molecule has 0 saturated carbocycles. The monoisotopic (exact) mass is 459 g/mol. The maximum absolute atomic E-state index is 13.1. The van der Waals surface area contributed by atoms with Gasteiger partial charge in [0, 0.05) is 34.5 Å². The Kier molecular flexibility index (Phi) is 5.94. The van der Waals surface area contributed by atoms with E-state index in [1.807, 2.05) is 54.6 Å². The minimum atomic E-state index is -0.416. The zero-order valence-electron chi connectivity index (χ0n) is 18.5. The first-order chi connectivity index (χ1) is 16.0. The molecule has 1 heterocycles. The van der Waals surface area contributed by atoms with Gasteiger partial charge in [-0.05, 0) is 41.3 Å². The average molecular weight is 460 g/mol. The number of piperidine rings is 1. The molecule has 6 heteroatoms. The minimum Gasteiger partial charge on any atom is -0.455 e. The maximum atomic E-state index is 13.1. The number of rotatable bonds is 5. The largest absolute Gasteiger partial charge is 0.455 e. The number of thioether (sulfide) groups is 1. The van der Waals surface area contributed by atoms with Crippen molar-refractivity contribution in [3.63, 3.8) is 0 Å². The number of fused-ring (bicyclic) bond motifs is 2. The first-order valence-corrected chi connectivity index (χ1v) is 12.3. The van der Waals surface area contributed by atoms with Crippen LogP contribution in [0.2, 0.25) is 0 Å². The molecule has 0 spiro atoms. The molecule has 1 atom stereocenters. The smallest absolute Gasteiger partial charge is 0.316 e. The number of carbonyl (C=O) groups is 3. The van der Waals surface area contributed by atoms with Crippen LogP contribution in [0.5, 0.6) is 0 Å². The molecule has 5 rings (SSSR count). The van der Waals surface area contributed by atoms with Gasteiger partial charge < -0.3 is 9.64 Å². The van der Waals surface area contributed by atoms with E-state index in [9.17, 15) is 14.4 Å². The molecule has 33 heavy (non-hydrogen) atoms. The van der Waals surface area contributed by atoms with Crippen molar-refractivity contribution in [2.75, 3.05) is 25.4 Å².